The van der Waals surface area contributed by atoms with E-state index in [-0.39, 0.29) is 0 Å². The van der Waals surface area contributed by atoms with Crippen LogP contribution in [0.5, 0.6) is 5.75 Å². The number of para-hydroxylation sites is 1. The summed E-state index contributed by atoms with van der Waals surface area (Å²) in [5, 5.41) is 0. The van der Waals surface area contributed by atoms with Crippen LogP contribution in [0, 0.1) is 17.8 Å². The predicted octanol–water partition coefficient (Wildman–Crippen LogP) is 6.97. The molecule has 0 spiro atoms. The Hall–Kier alpha value is -1.13. The smallest absolute Gasteiger partial charge is 0.466 e. The molecule has 1 aromatic carbocycles. The van der Waals surface area contributed by atoms with Gasteiger partial charge in [0.15, 0.2) is 0 Å². The number of ether oxygens (including phenoxy) is 1. The Morgan fingerprint density at radius 1 is 0.871 bits per heavy atom. The summed E-state index contributed by atoms with van der Waals surface area (Å²) < 4.78 is 14.7. The third kappa shape index (κ3) is 15.3. The fourth-order valence-electron chi connectivity index (χ4n) is 3.96. The summed E-state index contributed by atoms with van der Waals surface area (Å²) in [6.45, 7) is 10.3. The molecule has 1 heterocycles. The zero-order valence-corrected chi connectivity index (χ0v) is 20.7. The van der Waals surface area contributed by atoms with Gasteiger partial charge >= 0.3 is 7.82 Å². The average Bonchev–Trinajstić information content (AvgIpc) is 2.66. The van der Waals surface area contributed by atoms with Crippen LogP contribution < -0.4 is 4.74 Å². The van der Waals surface area contributed by atoms with Crippen molar-refractivity contribution in [3.05, 3.63) is 35.4 Å². The van der Waals surface area contributed by atoms with Gasteiger partial charge in [-0.1, -0.05) is 90.8 Å². The van der Waals surface area contributed by atoms with Crippen LogP contribution in [0.2, 0.25) is 0 Å². The molecular weight excluding hydrogens is 411 g/mol. The molecule has 5 nitrogen and oxygen atoms in total. The summed E-state index contributed by atoms with van der Waals surface area (Å²) in [4.78, 5) is 21.6. The number of rotatable bonds is 12. The van der Waals surface area contributed by atoms with Gasteiger partial charge in [0.25, 0.3) is 0 Å². The first-order valence-corrected chi connectivity index (χ1v) is 13.3. The van der Waals surface area contributed by atoms with Crippen LogP contribution in [0.15, 0.2) is 29.8 Å². The molecule has 1 aromatic rings. The van der Waals surface area contributed by atoms with Crippen LogP contribution in [0.25, 0.3) is 6.08 Å². The zero-order valence-electron chi connectivity index (χ0n) is 19.8. The van der Waals surface area contributed by atoms with Gasteiger partial charge in [0.2, 0.25) is 0 Å². The van der Waals surface area contributed by atoms with Gasteiger partial charge in [-0.3, -0.25) is 0 Å². The second kappa shape index (κ2) is 14.8. The van der Waals surface area contributed by atoms with Crippen LogP contribution in [0.4, 0.5) is 0 Å². The monoisotopic (exact) mass is 454 g/mol. The van der Waals surface area contributed by atoms with Gasteiger partial charge in [0.1, 0.15) is 12.4 Å². The molecule has 6 heteroatoms. The number of benzene rings is 1. The molecule has 0 saturated carbocycles. The van der Waals surface area contributed by atoms with Crippen molar-refractivity contribution < 1.29 is 24.0 Å². The van der Waals surface area contributed by atoms with E-state index in [1.165, 1.54) is 68.9 Å². The lowest BCUT2D eigenvalue weighted by Gasteiger charge is -2.19. The molecule has 0 aromatic heterocycles. The minimum atomic E-state index is -4.64. The van der Waals surface area contributed by atoms with Crippen molar-refractivity contribution in [3.63, 3.8) is 0 Å². The topological polar surface area (TPSA) is 87.0 Å². The normalized spacial score (nSPS) is 15.3. The van der Waals surface area contributed by atoms with E-state index < -0.39 is 7.82 Å². The van der Waals surface area contributed by atoms with Gasteiger partial charge in [0.05, 0.1) is 0 Å². The molecule has 0 fully saturated rings. The maximum atomic E-state index is 8.88. The van der Waals surface area contributed by atoms with Gasteiger partial charge in [-0.05, 0) is 48.3 Å². The summed E-state index contributed by atoms with van der Waals surface area (Å²) in [6, 6.07) is 8.35. The molecule has 2 unspecified atom stereocenters. The summed E-state index contributed by atoms with van der Waals surface area (Å²) in [7, 11) is -4.64. The van der Waals surface area contributed by atoms with Gasteiger partial charge in [0, 0.05) is 5.56 Å². The van der Waals surface area contributed by atoms with Crippen molar-refractivity contribution in [1.29, 1.82) is 0 Å². The Morgan fingerprint density at radius 3 is 1.97 bits per heavy atom. The molecule has 0 saturated heterocycles. The van der Waals surface area contributed by atoms with Crippen molar-refractivity contribution in [2.24, 2.45) is 17.8 Å². The van der Waals surface area contributed by atoms with E-state index >= 15 is 0 Å². The Kier molecular flexibility index (Phi) is 13.4. The standard InChI is InChI=1S/C25H40O.H3O4P/c1-20(2)10-7-11-21(3)12-8-13-22(4)14-9-15-23-18-24-16-5-6-17-25(24)26-19-23;1-5(2,3)4/h5-6,16-18,20-22H,7-15,19H2,1-4H3;(H3,1,2,3,4). The van der Waals surface area contributed by atoms with E-state index in [9.17, 15) is 0 Å². The fraction of sp³-hybridized carbons (Fsp3) is 0.680. The number of hydrogen-bond acceptors (Lipinski definition) is 2. The maximum absolute atomic E-state index is 8.88. The highest BCUT2D eigenvalue weighted by atomic mass is 31.2. The highest BCUT2D eigenvalue weighted by molar-refractivity contribution is 7.45. The molecule has 178 valence electrons. The second-order valence-electron chi connectivity index (χ2n) is 9.50. The van der Waals surface area contributed by atoms with E-state index in [0.29, 0.717) is 0 Å². The van der Waals surface area contributed by atoms with E-state index in [4.69, 9.17) is 24.0 Å². The average molecular weight is 455 g/mol. The third-order valence-corrected chi connectivity index (χ3v) is 5.76. The van der Waals surface area contributed by atoms with E-state index in [2.05, 4.69) is 52.0 Å². The largest absolute Gasteiger partial charge is 0.489 e. The quantitative estimate of drug-likeness (QED) is 0.297. The fourth-order valence-corrected chi connectivity index (χ4v) is 3.96. The molecule has 0 amide bonds. The van der Waals surface area contributed by atoms with Gasteiger partial charge in [-0.25, -0.2) is 4.57 Å². The molecule has 1 aliphatic heterocycles. The molecular formula is C25H43O5P. The minimum Gasteiger partial charge on any atom is -0.489 e. The molecule has 0 radical (unpaired) electrons. The van der Waals surface area contributed by atoms with E-state index in [1.54, 1.807) is 0 Å². The lowest BCUT2D eigenvalue weighted by atomic mass is 9.91. The summed E-state index contributed by atoms with van der Waals surface area (Å²) in [5.41, 5.74) is 2.70. The Labute approximate surface area is 189 Å². The zero-order chi connectivity index (χ0) is 23.3. The summed E-state index contributed by atoms with van der Waals surface area (Å²) in [6.07, 6.45) is 14.6. The summed E-state index contributed by atoms with van der Waals surface area (Å²) >= 11 is 0. The molecule has 31 heavy (non-hydrogen) atoms. The molecule has 2 atom stereocenters. The van der Waals surface area contributed by atoms with E-state index in [1.807, 2.05) is 6.07 Å². The van der Waals surface area contributed by atoms with E-state index in [0.717, 1.165) is 30.1 Å². The van der Waals surface area contributed by atoms with Gasteiger partial charge in [-0.15, -0.1) is 0 Å². The first-order chi connectivity index (χ1) is 14.5. The first-order valence-electron chi connectivity index (χ1n) is 11.7. The van der Waals surface area contributed by atoms with Crippen LogP contribution in [-0.4, -0.2) is 21.3 Å². The maximum Gasteiger partial charge on any atom is 0.466 e. The summed E-state index contributed by atoms with van der Waals surface area (Å²) in [5.74, 6) is 3.66. The molecule has 3 N–H and O–H groups in total. The predicted molar refractivity (Wildman–Crippen MR) is 129 cm³/mol. The number of phosphoric acid groups is 1. The Bertz CT molecular complexity index is 687. The Balaban J connectivity index is 0.000000861. The molecule has 0 bridgehead atoms. The third-order valence-electron chi connectivity index (χ3n) is 5.76. The van der Waals surface area contributed by atoms with Crippen LogP contribution in [-0.2, 0) is 4.57 Å². The van der Waals surface area contributed by atoms with Crippen molar-refractivity contribution in [1.82, 2.24) is 0 Å². The number of hydrogen-bond donors (Lipinski definition) is 3. The van der Waals surface area contributed by atoms with Gasteiger partial charge in [-0.2, -0.15) is 0 Å². The first kappa shape index (κ1) is 27.9. The SMILES string of the molecule is CC(C)CCCC(C)CCCC(C)CCCC1=Cc2ccccc2OC1.O=P(O)(O)O. The lowest BCUT2D eigenvalue weighted by molar-refractivity contribution is 0.275. The van der Waals surface area contributed by atoms with Crippen LogP contribution in [0.3, 0.4) is 0 Å². The highest BCUT2D eigenvalue weighted by Crippen LogP contribution is 2.28. The van der Waals surface area contributed by atoms with Gasteiger partial charge < -0.3 is 19.4 Å². The van der Waals surface area contributed by atoms with Crippen LogP contribution in [0.1, 0.15) is 91.0 Å². The Morgan fingerprint density at radius 2 is 1.39 bits per heavy atom. The second-order valence-corrected chi connectivity index (χ2v) is 10.5. The van der Waals surface area contributed by atoms with Crippen LogP contribution >= 0.6 is 7.82 Å². The number of fused-ring (bicyclic) bond motifs is 1. The van der Waals surface area contributed by atoms with Crippen molar-refractivity contribution >= 4 is 13.9 Å². The lowest BCUT2D eigenvalue weighted by Crippen LogP contribution is -2.07. The van der Waals surface area contributed by atoms with Crippen molar-refractivity contribution in [3.8, 4) is 5.75 Å². The highest BCUT2D eigenvalue weighted by Gasteiger charge is 2.11. The van der Waals surface area contributed by atoms with Crippen molar-refractivity contribution in [2.45, 2.75) is 85.5 Å². The van der Waals surface area contributed by atoms with Crippen molar-refractivity contribution in [2.75, 3.05) is 6.61 Å². The molecule has 0 aliphatic carbocycles. The minimum absolute atomic E-state index is 0.777. The molecule has 1 aliphatic rings. The molecule has 2 rings (SSSR count).